The van der Waals surface area contributed by atoms with Crippen molar-refractivity contribution in [2.24, 2.45) is 0 Å². The average molecular weight is 507 g/mol. The lowest BCUT2D eigenvalue weighted by Gasteiger charge is -2.24. The first-order chi connectivity index (χ1) is 17.8. The Bertz CT molecular complexity index is 1340. The molecule has 1 amide bonds. The highest BCUT2D eigenvalue weighted by Gasteiger charge is 2.26. The Labute approximate surface area is 214 Å². The molecule has 37 heavy (non-hydrogen) atoms. The van der Waals surface area contributed by atoms with Gasteiger partial charge in [0, 0.05) is 17.8 Å². The molecule has 2 aromatic carbocycles. The van der Waals surface area contributed by atoms with Crippen molar-refractivity contribution in [3.05, 3.63) is 88.1 Å². The van der Waals surface area contributed by atoms with Crippen molar-refractivity contribution in [1.29, 1.82) is 0 Å². The molecule has 0 radical (unpaired) electrons. The molecule has 0 aliphatic carbocycles. The first kappa shape index (κ1) is 26.1. The van der Waals surface area contributed by atoms with Crippen LogP contribution in [0.1, 0.15) is 61.7 Å². The van der Waals surface area contributed by atoms with Crippen LogP contribution >= 0.6 is 0 Å². The van der Waals surface area contributed by atoms with E-state index < -0.39 is 35.3 Å². The van der Waals surface area contributed by atoms with Crippen molar-refractivity contribution in [3.8, 4) is 16.9 Å². The zero-order valence-electron chi connectivity index (χ0n) is 20.8. The van der Waals surface area contributed by atoms with Crippen LogP contribution in [0, 0.1) is 12.7 Å². The van der Waals surface area contributed by atoms with Gasteiger partial charge in [-0.2, -0.15) is 0 Å². The predicted molar refractivity (Wildman–Crippen MR) is 138 cm³/mol. The number of amides is 1. The number of aryl methyl sites for hydroxylation is 1. The van der Waals surface area contributed by atoms with Crippen molar-refractivity contribution in [2.75, 3.05) is 6.61 Å². The maximum Gasteiger partial charge on any atom is 0.305 e. The number of carboxylic acids is 1. The second kappa shape index (κ2) is 11.9. The Kier molecular flexibility index (Phi) is 8.38. The third-order valence-electron chi connectivity index (χ3n) is 6.69. The molecule has 2 bridgehead atoms. The van der Waals surface area contributed by atoms with Crippen molar-refractivity contribution >= 4 is 11.9 Å². The lowest BCUT2D eigenvalue weighted by Crippen LogP contribution is -2.39. The maximum absolute atomic E-state index is 13.6. The van der Waals surface area contributed by atoms with Crippen molar-refractivity contribution in [2.45, 2.75) is 57.5 Å². The molecule has 0 saturated heterocycles. The molecule has 194 valence electrons. The molecule has 3 aromatic rings. The molecule has 1 aliphatic rings. The molecule has 0 unspecified atom stereocenters. The van der Waals surface area contributed by atoms with Gasteiger partial charge in [-0.3, -0.25) is 14.4 Å². The second-order valence-electron chi connectivity index (χ2n) is 9.39. The fourth-order valence-corrected chi connectivity index (χ4v) is 4.83. The van der Waals surface area contributed by atoms with Gasteiger partial charge in [-0.05, 0) is 54.7 Å². The highest BCUT2D eigenvalue weighted by molar-refractivity contribution is 5.82. The Hall–Kier alpha value is -3.94. The van der Waals surface area contributed by atoms with E-state index in [1.807, 2.05) is 43.3 Å². The summed E-state index contributed by atoms with van der Waals surface area (Å²) in [5, 5.41) is 12.5. The Morgan fingerprint density at radius 2 is 1.86 bits per heavy atom. The van der Waals surface area contributed by atoms with Crippen LogP contribution in [0.3, 0.4) is 0 Å². The minimum absolute atomic E-state index is 0.336. The van der Waals surface area contributed by atoms with E-state index in [0.29, 0.717) is 25.0 Å². The van der Waals surface area contributed by atoms with E-state index in [2.05, 4.69) is 5.32 Å². The molecule has 8 heteroatoms. The number of nitrogens with one attached hydrogen (secondary N) is 1. The third kappa shape index (κ3) is 6.44. The van der Waals surface area contributed by atoms with Gasteiger partial charge in [-0.15, -0.1) is 0 Å². The van der Waals surface area contributed by atoms with Crippen LogP contribution in [-0.4, -0.2) is 28.2 Å². The number of carbonyl (C=O) groups is 2. The largest absolute Gasteiger partial charge is 0.493 e. The van der Waals surface area contributed by atoms with E-state index in [9.17, 15) is 23.9 Å². The number of ether oxygens (including phenoxy) is 1. The summed E-state index contributed by atoms with van der Waals surface area (Å²) in [6.45, 7) is 2.54. The zero-order chi connectivity index (χ0) is 26.4. The fraction of sp³-hybridized carbons (Fsp3) is 0.345. The number of hydrogen-bond acceptors (Lipinski definition) is 4. The fourth-order valence-electron chi connectivity index (χ4n) is 4.83. The summed E-state index contributed by atoms with van der Waals surface area (Å²) in [5.41, 5.74) is 2.80. The van der Waals surface area contributed by atoms with E-state index in [1.165, 1.54) is 10.8 Å². The predicted octanol–water partition coefficient (Wildman–Crippen LogP) is 5.18. The molecule has 7 nitrogen and oxygen atoms in total. The van der Waals surface area contributed by atoms with Gasteiger partial charge in [0.1, 0.15) is 17.6 Å². The van der Waals surface area contributed by atoms with E-state index in [-0.39, 0.29) is 6.42 Å². The summed E-state index contributed by atoms with van der Waals surface area (Å²) >= 11 is 0. The Balaban J connectivity index is 1.76. The van der Waals surface area contributed by atoms with Gasteiger partial charge < -0.3 is 19.7 Å². The van der Waals surface area contributed by atoms with Gasteiger partial charge in [0.25, 0.3) is 5.56 Å². The molecule has 0 spiro atoms. The van der Waals surface area contributed by atoms with Crippen LogP contribution in [0.15, 0.2) is 65.6 Å². The molecule has 2 N–H and O–H groups in total. The summed E-state index contributed by atoms with van der Waals surface area (Å²) in [6, 6.07) is 13.5. The number of aromatic nitrogens is 1. The average Bonchev–Trinajstić information content (AvgIpc) is 2.85. The quantitative estimate of drug-likeness (QED) is 0.510. The first-order valence-corrected chi connectivity index (χ1v) is 12.6. The highest BCUT2D eigenvalue weighted by atomic mass is 19.1. The van der Waals surface area contributed by atoms with Crippen LogP contribution in [0.4, 0.5) is 4.39 Å². The van der Waals surface area contributed by atoms with Gasteiger partial charge in [0.15, 0.2) is 0 Å². The molecule has 0 fully saturated rings. The van der Waals surface area contributed by atoms with Crippen molar-refractivity contribution < 1.29 is 23.8 Å². The number of hydrogen-bond donors (Lipinski definition) is 2. The van der Waals surface area contributed by atoms with Gasteiger partial charge in [-0.25, -0.2) is 4.39 Å². The lowest BCUT2D eigenvalue weighted by molar-refractivity contribution is -0.138. The van der Waals surface area contributed by atoms with E-state index in [1.54, 1.807) is 6.07 Å². The number of rotatable bonds is 3. The smallest absolute Gasteiger partial charge is 0.305 e. The molecule has 2 heterocycles. The number of benzene rings is 2. The van der Waals surface area contributed by atoms with Crippen LogP contribution in [-0.2, 0) is 9.59 Å². The first-order valence-electron chi connectivity index (χ1n) is 12.6. The normalized spacial score (nSPS) is 18.8. The SMILES string of the molecule is Cc1cccc2c1-c1cccc(c1)[C@H](CC(=O)O)NC(=O)[C@@H](n1ccc(F)cc1=O)CCCCCCO2. The number of carboxylic acid groups (broad SMARTS) is 1. The number of nitrogens with zero attached hydrogens (tertiary/aromatic N) is 1. The van der Waals surface area contributed by atoms with Crippen LogP contribution in [0.5, 0.6) is 5.75 Å². The van der Waals surface area contributed by atoms with Crippen molar-refractivity contribution in [3.63, 3.8) is 0 Å². The minimum Gasteiger partial charge on any atom is -0.493 e. The molecule has 2 atom stereocenters. The molecule has 4 rings (SSSR count). The lowest BCUT2D eigenvalue weighted by atomic mass is 9.94. The summed E-state index contributed by atoms with van der Waals surface area (Å²) in [4.78, 5) is 37.8. The Morgan fingerprint density at radius 3 is 2.65 bits per heavy atom. The Morgan fingerprint density at radius 1 is 1.08 bits per heavy atom. The van der Waals surface area contributed by atoms with Gasteiger partial charge in [-0.1, -0.05) is 49.6 Å². The van der Waals surface area contributed by atoms with E-state index in [4.69, 9.17) is 4.74 Å². The molecular formula is C29H31FN2O5. The van der Waals surface area contributed by atoms with Crippen molar-refractivity contribution in [1.82, 2.24) is 9.88 Å². The summed E-state index contributed by atoms with van der Waals surface area (Å²) in [5.74, 6) is -1.46. The van der Waals surface area contributed by atoms with Gasteiger partial charge in [0.2, 0.25) is 5.91 Å². The number of halogens is 1. The van der Waals surface area contributed by atoms with Gasteiger partial charge >= 0.3 is 5.97 Å². The third-order valence-corrected chi connectivity index (χ3v) is 6.69. The second-order valence-corrected chi connectivity index (χ2v) is 9.39. The summed E-state index contributed by atoms with van der Waals surface area (Å²) in [6.07, 6.45) is 4.50. The van der Waals surface area contributed by atoms with Crippen LogP contribution < -0.4 is 15.6 Å². The zero-order valence-corrected chi connectivity index (χ0v) is 20.8. The highest BCUT2D eigenvalue weighted by Crippen LogP contribution is 2.35. The molecule has 0 saturated carbocycles. The summed E-state index contributed by atoms with van der Waals surface area (Å²) in [7, 11) is 0. The van der Waals surface area contributed by atoms with E-state index in [0.717, 1.165) is 53.8 Å². The monoisotopic (exact) mass is 506 g/mol. The number of aliphatic carboxylic acids is 1. The molecular weight excluding hydrogens is 475 g/mol. The standard InChI is InChI=1S/C29H31FN2O5/c1-19-8-6-12-25-28(19)21-10-7-9-20(16-21)23(18-27(34)35)31-29(36)24(11-4-2-3-5-15-37-25)32-14-13-22(30)17-26(32)33/h6-10,12-14,16-17,23-24H,2-5,11,15,18H2,1H3,(H,31,36)(H,34,35)/t23-,24-/m0/s1. The number of carbonyl (C=O) groups excluding carboxylic acids is 1. The number of fused-ring (bicyclic) bond motifs is 4. The summed E-state index contributed by atoms with van der Waals surface area (Å²) < 4.78 is 21.0. The molecule has 1 aliphatic heterocycles. The van der Waals surface area contributed by atoms with Crippen LogP contribution in [0.2, 0.25) is 0 Å². The van der Waals surface area contributed by atoms with E-state index >= 15 is 0 Å². The number of pyridine rings is 1. The molecule has 1 aromatic heterocycles. The van der Waals surface area contributed by atoms with Crippen LogP contribution in [0.25, 0.3) is 11.1 Å². The minimum atomic E-state index is -1.07. The maximum atomic E-state index is 13.6. The topological polar surface area (TPSA) is 97.6 Å². The van der Waals surface area contributed by atoms with Gasteiger partial charge in [0.05, 0.1) is 19.1 Å².